The Morgan fingerprint density at radius 3 is 2.39 bits per heavy atom. The summed E-state index contributed by atoms with van der Waals surface area (Å²) < 4.78 is 43.9. The number of carbonyl (C=O) groups excluding carboxylic acids is 1. The van der Waals surface area contributed by atoms with Crippen molar-refractivity contribution in [3.8, 4) is 17.2 Å². The molecule has 168 valence electrons. The summed E-state index contributed by atoms with van der Waals surface area (Å²) in [5, 5.41) is 2.72. The molecule has 0 spiro atoms. The van der Waals surface area contributed by atoms with Crippen LogP contribution in [0.4, 0.5) is 5.69 Å². The lowest BCUT2D eigenvalue weighted by atomic mass is 10.2. The Morgan fingerprint density at radius 1 is 1.00 bits per heavy atom. The molecule has 0 aliphatic carbocycles. The van der Waals surface area contributed by atoms with E-state index in [4.69, 9.17) is 14.2 Å². The molecule has 1 aliphatic rings. The number of hydrogen-bond donors (Lipinski definition) is 1. The van der Waals surface area contributed by atoms with Crippen molar-refractivity contribution in [2.45, 2.75) is 37.2 Å². The largest absolute Gasteiger partial charge is 0.497 e. The van der Waals surface area contributed by atoms with Crippen LogP contribution in [0.2, 0.25) is 0 Å². The first-order chi connectivity index (χ1) is 14.8. The summed E-state index contributed by atoms with van der Waals surface area (Å²) in [6.07, 6.45) is 1.87. The molecule has 9 heteroatoms. The summed E-state index contributed by atoms with van der Waals surface area (Å²) in [4.78, 5) is 12.7. The van der Waals surface area contributed by atoms with Gasteiger partial charge in [-0.3, -0.25) is 4.79 Å². The molecular weight excluding hydrogens is 420 g/mol. The molecule has 0 saturated carbocycles. The standard InChI is InChI=1S/C22H28N2O6S/c1-16(30-19-9-7-8-18(15-19)28-2)22(25)23-17-10-11-20(29-3)21(14-17)31(26,27)24-12-5-4-6-13-24/h7-11,14-16H,4-6,12-13H2,1-3H3,(H,23,25)/t16-/m0/s1. The van der Waals surface area contributed by atoms with Gasteiger partial charge in [0.25, 0.3) is 5.91 Å². The quantitative estimate of drug-likeness (QED) is 0.666. The maximum Gasteiger partial charge on any atom is 0.265 e. The third-order valence-corrected chi connectivity index (χ3v) is 7.01. The molecule has 1 N–H and O–H groups in total. The molecule has 31 heavy (non-hydrogen) atoms. The van der Waals surface area contributed by atoms with Crippen LogP contribution in [-0.4, -0.2) is 52.0 Å². The van der Waals surface area contributed by atoms with Crippen molar-refractivity contribution < 1.29 is 27.4 Å². The number of rotatable bonds is 8. The highest BCUT2D eigenvalue weighted by Crippen LogP contribution is 2.31. The molecule has 1 saturated heterocycles. The Labute approximate surface area is 183 Å². The van der Waals surface area contributed by atoms with Crippen LogP contribution in [0.5, 0.6) is 17.2 Å². The van der Waals surface area contributed by atoms with Crippen LogP contribution in [0.1, 0.15) is 26.2 Å². The fraction of sp³-hybridized carbons (Fsp3) is 0.409. The molecule has 1 heterocycles. The van der Waals surface area contributed by atoms with E-state index >= 15 is 0 Å². The van der Waals surface area contributed by atoms with Crippen LogP contribution in [0.15, 0.2) is 47.4 Å². The van der Waals surface area contributed by atoms with Crippen molar-refractivity contribution in [2.24, 2.45) is 0 Å². The number of nitrogens with one attached hydrogen (secondary N) is 1. The van der Waals surface area contributed by atoms with Gasteiger partial charge in [0.05, 0.1) is 14.2 Å². The van der Waals surface area contributed by atoms with Crippen molar-refractivity contribution in [3.05, 3.63) is 42.5 Å². The molecule has 1 amide bonds. The summed E-state index contributed by atoms with van der Waals surface area (Å²) >= 11 is 0. The average Bonchev–Trinajstić information content (AvgIpc) is 2.79. The second-order valence-corrected chi connectivity index (χ2v) is 9.17. The molecule has 8 nitrogen and oxygen atoms in total. The highest BCUT2D eigenvalue weighted by atomic mass is 32.2. The van der Waals surface area contributed by atoms with Gasteiger partial charge in [0.2, 0.25) is 10.0 Å². The van der Waals surface area contributed by atoms with Gasteiger partial charge in [-0.05, 0) is 50.1 Å². The van der Waals surface area contributed by atoms with Crippen LogP contribution >= 0.6 is 0 Å². The van der Waals surface area contributed by atoms with Gasteiger partial charge < -0.3 is 19.5 Å². The molecule has 1 atom stereocenters. The summed E-state index contributed by atoms with van der Waals surface area (Å²) in [6, 6.07) is 11.5. The van der Waals surface area contributed by atoms with E-state index in [-0.39, 0.29) is 10.6 Å². The summed E-state index contributed by atoms with van der Waals surface area (Å²) in [6.45, 7) is 2.57. The molecule has 2 aromatic rings. The van der Waals surface area contributed by atoms with Crippen molar-refractivity contribution in [1.29, 1.82) is 0 Å². The minimum absolute atomic E-state index is 0.0380. The topological polar surface area (TPSA) is 94.2 Å². The lowest BCUT2D eigenvalue weighted by Crippen LogP contribution is -2.36. The fourth-order valence-corrected chi connectivity index (χ4v) is 5.08. The van der Waals surface area contributed by atoms with Crippen molar-refractivity contribution in [1.82, 2.24) is 4.31 Å². The predicted molar refractivity (Wildman–Crippen MR) is 117 cm³/mol. The predicted octanol–water partition coefficient (Wildman–Crippen LogP) is 3.28. The van der Waals surface area contributed by atoms with Gasteiger partial charge in [-0.2, -0.15) is 4.31 Å². The number of anilines is 1. The van der Waals surface area contributed by atoms with Gasteiger partial charge in [-0.15, -0.1) is 0 Å². The Bertz CT molecular complexity index is 1020. The molecule has 0 aromatic heterocycles. The van der Waals surface area contributed by atoms with Crippen LogP contribution in [0, 0.1) is 0 Å². The zero-order chi connectivity index (χ0) is 22.4. The second kappa shape index (κ2) is 10.0. The van der Waals surface area contributed by atoms with E-state index in [1.165, 1.54) is 17.5 Å². The van der Waals surface area contributed by atoms with Crippen molar-refractivity contribution in [3.63, 3.8) is 0 Å². The first kappa shape index (κ1) is 22.9. The third kappa shape index (κ3) is 5.48. The minimum atomic E-state index is -3.73. The number of nitrogens with zero attached hydrogens (tertiary/aromatic N) is 1. The van der Waals surface area contributed by atoms with E-state index in [2.05, 4.69) is 5.32 Å². The molecular formula is C22H28N2O6S. The maximum absolute atomic E-state index is 13.1. The summed E-state index contributed by atoms with van der Waals surface area (Å²) in [5.74, 6) is 0.941. The van der Waals surface area contributed by atoms with Gasteiger partial charge >= 0.3 is 0 Å². The number of piperidine rings is 1. The Hall–Kier alpha value is -2.78. The molecule has 1 fully saturated rings. The first-order valence-corrected chi connectivity index (χ1v) is 11.6. The van der Waals surface area contributed by atoms with Gasteiger partial charge in [-0.1, -0.05) is 12.5 Å². The SMILES string of the molecule is COc1cccc(O[C@@H](C)C(=O)Nc2ccc(OC)c(S(=O)(=O)N3CCCCC3)c2)c1. The first-order valence-electron chi connectivity index (χ1n) is 10.1. The van der Waals surface area contributed by atoms with Crippen molar-refractivity contribution in [2.75, 3.05) is 32.6 Å². The number of hydrogen-bond acceptors (Lipinski definition) is 6. The van der Waals surface area contributed by atoms with Gasteiger partial charge in [-0.25, -0.2) is 8.42 Å². The zero-order valence-corrected chi connectivity index (χ0v) is 18.8. The van der Waals surface area contributed by atoms with E-state index in [1.54, 1.807) is 50.4 Å². The average molecular weight is 449 g/mol. The van der Waals surface area contributed by atoms with E-state index in [0.29, 0.717) is 30.3 Å². The number of benzene rings is 2. The Kier molecular flexibility index (Phi) is 7.40. The van der Waals surface area contributed by atoms with Crippen LogP contribution < -0.4 is 19.5 Å². The highest BCUT2D eigenvalue weighted by molar-refractivity contribution is 7.89. The Morgan fingerprint density at radius 2 is 1.71 bits per heavy atom. The van der Waals surface area contributed by atoms with E-state index < -0.39 is 22.0 Å². The Balaban J connectivity index is 1.76. The number of amides is 1. The van der Waals surface area contributed by atoms with Gasteiger partial charge in [0, 0.05) is 24.8 Å². The normalized spacial score (nSPS) is 15.7. The zero-order valence-electron chi connectivity index (χ0n) is 18.0. The molecule has 0 radical (unpaired) electrons. The molecule has 0 unspecified atom stereocenters. The molecule has 0 bridgehead atoms. The van der Waals surface area contributed by atoms with Crippen molar-refractivity contribution >= 4 is 21.6 Å². The number of sulfonamides is 1. The minimum Gasteiger partial charge on any atom is -0.497 e. The highest BCUT2D eigenvalue weighted by Gasteiger charge is 2.29. The van der Waals surface area contributed by atoms with E-state index in [0.717, 1.165) is 19.3 Å². The molecule has 3 rings (SSSR count). The van der Waals surface area contributed by atoms with Gasteiger partial charge in [0.15, 0.2) is 6.10 Å². The number of carbonyl (C=O) groups is 1. The number of methoxy groups -OCH3 is 2. The second-order valence-electron chi connectivity index (χ2n) is 7.26. The summed E-state index contributed by atoms with van der Waals surface area (Å²) in [5.41, 5.74) is 0.350. The number of ether oxygens (including phenoxy) is 3. The van der Waals surface area contributed by atoms with E-state index in [9.17, 15) is 13.2 Å². The summed E-state index contributed by atoms with van der Waals surface area (Å²) in [7, 11) is -0.754. The van der Waals surface area contributed by atoms with Crippen LogP contribution in [-0.2, 0) is 14.8 Å². The van der Waals surface area contributed by atoms with E-state index in [1.807, 2.05) is 0 Å². The van der Waals surface area contributed by atoms with Crippen LogP contribution in [0.3, 0.4) is 0 Å². The van der Waals surface area contributed by atoms with Gasteiger partial charge in [0.1, 0.15) is 22.1 Å². The smallest absolute Gasteiger partial charge is 0.265 e. The van der Waals surface area contributed by atoms with Crippen LogP contribution in [0.25, 0.3) is 0 Å². The lowest BCUT2D eigenvalue weighted by molar-refractivity contribution is -0.122. The molecule has 1 aliphatic heterocycles. The fourth-order valence-electron chi connectivity index (χ4n) is 3.38. The lowest BCUT2D eigenvalue weighted by Gasteiger charge is -2.26. The third-order valence-electron chi connectivity index (χ3n) is 5.09. The maximum atomic E-state index is 13.1. The molecule has 2 aromatic carbocycles. The monoisotopic (exact) mass is 448 g/mol.